The van der Waals surface area contributed by atoms with E-state index in [4.69, 9.17) is 27.9 Å². The number of halogens is 2. The Hall–Kier alpha value is -3.27. The van der Waals surface area contributed by atoms with Crippen LogP contribution in [0.1, 0.15) is 31.4 Å². The quantitative estimate of drug-likeness (QED) is 0.279. The van der Waals surface area contributed by atoms with Crippen molar-refractivity contribution in [3.8, 4) is 5.75 Å². The summed E-state index contributed by atoms with van der Waals surface area (Å²) in [7, 11) is -2.40. The molecule has 1 N–H and O–H groups in total. The molecule has 0 saturated carbocycles. The van der Waals surface area contributed by atoms with Crippen molar-refractivity contribution in [1.82, 2.24) is 10.2 Å². The lowest BCUT2D eigenvalue weighted by atomic mass is 10.0. The molecule has 220 valence electrons. The average Bonchev–Trinajstić information content (AvgIpc) is 2.92. The zero-order chi connectivity index (χ0) is 30.2. The van der Waals surface area contributed by atoms with Crippen LogP contribution in [0.2, 0.25) is 10.0 Å². The number of anilines is 1. The van der Waals surface area contributed by atoms with Crippen molar-refractivity contribution in [3.63, 3.8) is 0 Å². The Kier molecular flexibility index (Phi) is 11.5. The van der Waals surface area contributed by atoms with Crippen LogP contribution in [0.5, 0.6) is 5.75 Å². The molecular weight excluding hydrogens is 585 g/mol. The van der Waals surface area contributed by atoms with Crippen LogP contribution in [-0.2, 0) is 32.6 Å². The Morgan fingerprint density at radius 2 is 1.59 bits per heavy atom. The van der Waals surface area contributed by atoms with Crippen molar-refractivity contribution < 1.29 is 22.7 Å². The molecule has 0 heterocycles. The monoisotopic (exact) mass is 619 g/mol. The van der Waals surface area contributed by atoms with Gasteiger partial charge >= 0.3 is 0 Å². The van der Waals surface area contributed by atoms with E-state index in [2.05, 4.69) is 5.32 Å². The number of nitrogens with one attached hydrogen (secondary N) is 1. The lowest BCUT2D eigenvalue weighted by Gasteiger charge is -2.34. The Bertz CT molecular complexity index is 1430. The van der Waals surface area contributed by atoms with Gasteiger partial charge in [-0.2, -0.15) is 0 Å². The van der Waals surface area contributed by atoms with Gasteiger partial charge in [0.05, 0.1) is 19.1 Å². The highest BCUT2D eigenvalue weighted by Crippen LogP contribution is 2.28. The normalized spacial score (nSPS) is 12.7. The van der Waals surface area contributed by atoms with E-state index in [1.807, 2.05) is 50.2 Å². The molecule has 0 saturated heterocycles. The molecular formula is C30H35Cl2N3O5S. The van der Waals surface area contributed by atoms with Gasteiger partial charge in [-0.05, 0) is 54.8 Å². The van der Waals surface area contributed by atoms with Gasteiger partial charge in [-0.3, -0.25) is 13.9 Å². The highest BCUT2D eigenvalue weighted by atomic mass is 35.5. The molecule has 0 aliphatic rings. The van der Waals surface area contributed by atoms with Gasteiger partial charge in [0.2, 0.25) is 21.8 Å². The molecule has 0 bridgehead atoms. The van der Waals surface area contributed by atoms with Crippen LogP contribution < -0.4 is 14.4 Å². The summed E-state index contributed by atoms with van der Waals surface area (Å²) in [6.07, 6.45) is 1.92. The van der Waals surface area contributed by atoms with E-state index in [0.717, 1.165) is 16.1 Å². The van der Waals surface area contributed by atoms with E-state index in [1.54, 1.807) is 25.3 Å². The predicted molar refractivity (Wildman–Crippen MR) is 164 cm³/mol. The number of hydrogen-bond acceptors (Lipinski definition) is 5. The standard InChI is InChI=1S/C30H35Cl2N3O5S/c1-5-21(2)33-30(37)28(15-22-10-7-6-8-11-22)34(19-23-12-9-13-27(14-23)40-3)29(36)20-35(41(4,38)39)26-17-24(31)16-25(32)18-26/h6-14,16-18,21,28H,5,15,19-20H2,1-4H3,(H,33,37)/t21-,28-/m1/s1. The van der Waals surface area contributed by atoms with Crippen molar-refractivity contribution in [1.29, 1.82) is 0 Å². The Labute approximate surface area is 252 Å². The zero-order valence-corrected chi connectivity index (χ0v) is 25.8. The Morgan fingerprint density at radius 1 is 0.951 bits per heavy atom. The first-order valence-corrected chi connectivity index (χ1v) is 15.7. The minimum Gasteiger partial charge on any atom is -0.497 e. The van der Waals surface area contributed by atoms with Gasteiger partial charge in [-0.15, -0.1) is 0 Å². The van der Waals surface area contributed by atoms with Crippen molar-refractivity contribution in [3.05, 3.63) is 94.0 Å². The largest absolute Gasteiger partial charge is 0.497 e. The first kappa shape index (κ1) is 32.2. The maximum absolute atomic E-state index is 14.1. The molecule has 3 rings (SSSR count). The Balaban J connectivity index is 2.09. The molecule has 3 aromatic carbocycles. The van der Waals surface area contributed by atoms with Crippen LogP contribution in [0, 0.1) is 0 Å². The fraction of sp³-hybridized carbons (Fsp3) is 0.333. The number of sulfonamides is 1. The third kappa shape index (κ3) is 9.38. The molecule has 0 fully saturated rings. The van der Waals surface area contributed by atoms with Crippen LogP contribution >= 0.6 is 23.2 Å². The number of carbonyl (C=O) groups is 2. The zero-order valence-electron chi connectivity index (χ0n) is 23.5. The smallest absolute Gasteiger partial charge is 0.244 e. The van der Waals surface area contributed by atoms with Crippen LogP contribution in [0.3, 0.4) is 0 Å². The number of methoxy groups -OCH3 is 1. The number of hydrogen-bond donors (Lipinski definition) is 1. The van der Waals surface area contributed by atoms with Gasteiger partial charge in [0, 0.05) is 29.1 Å². The summed E-state index contributed by atoms with van der Waals surface area (Å²) in [4.78, 5) is 29.3. The van der Waals surface area contributed by atoms with Gasteiger partial charge in [-0.1, -0.05) is 72.6 Å². The summed E-state index contributed by atoms with van der Waals surface area (Å²) in [6.45, 7) is 3.31. The molecule has 11 heteroatoms. The SMILES string of the molecule is CC[C@@H](C)NC(=O)[C@@H](Cc1ccccc1)N(Cc1cccc(OC)c1)C(=O)CN(c1cc(Cl)cc(Cl)c1)S(C)(=O)=O. The molecule has 0 unspecified atom stereocenters. The number of carbonyl (C=O) groups excluding carboxylic acids is 2. The van der Waals surface area contributed by atoms with Gasteiger partial charge in [0.25, 0.3) is 0 Å². The van der Waals surface area contributed by atoms with Crippen molar-refractivity contribution in [2.75, 3.05) is 24.2 Å². The molecule has 8 nitrogen and oxygen atoms in total. The number of ether oxygens (including phenoxy) is 1. The molecule has 0 radical (unpaired) electrons. The molecule has 3 aromatic rings. The van der Waals surface area contributed by atoms with E-state index < -0.39 is 28.5 Å². The van der Waals surface area contributed by atoms with E-state index in [9.17, 15) is 18.0 Å². The Morgan fingerprint density at radius 3 is 2.17 bits per heavy atom. The van der Waals surface area contributed by atoms with Gasteiger partial charge in [-0.25, -0.2) is 8.42 Å². The van der Waals surface area contributed by atoms with Crippen LogP contribution in [0.25, 0.3) is 0 Å². The van der Waals surface area contributed by atoms with Crippen LogP contribution in [-0.4, -0.2) is 57.1 Å². The minimum absolute atomic E-state index is 0.0371. The minimum atomic E-state index is -3.94. The molecule has 41 heavy (non-hydrogen) atoms. The summed E-state index contributed by atoms with van der Waals surface area (Å²) in [5, 5.41) is 3.44. The van der Waals surface area contributed by atoms with Gasteiger partial charge in [0.1, 0.15) is 18.3 Å². The molecule has 2 amide bonds. The lowest BCUT2D eigenvalue weighted by molar-refractivity contribution is -0.140. The summed E-state index contributed by atoms with van der Waals surface area (Å²) in [5.74, 6) is -0.323. The highest BCUT2D eigenvalue weighted by Gasteiger charge is 2.33. The third-order valence-corrected chi connectivity index (χ3v) is 8.15. The van der Waals surface area contributed by atoms with E-state index in [0.29, 0.717) is 17.7 Å². The maximum Gasteiger partial charge on any atom is 0.244 e. The fourth-order valence-corrected chi connectivity index (χ4v) is 5.61. The molecule has 0 aliphatic carbocycles. The van der Waals surface area contributed by atoms with E-state index in [1.165, 1.54) is 23.1 Å². The van der Waals surface area contributed by atoms with Crippen LogP contribution in [0.4, 0.5) is 5.69 Å². The second-order valence-electron chi connectivity index (χ2n) is 9.79. The van der Waals surface area contributed by atoms with Crippen molar-refractivity contribution in [2.24, 2.45) is 0 Å². The highest BCUT2D eigenvalue weighted by molar-refractivity contribution is 7.92. The number of amides is 2. The number of rotatable bonds is 13. The lowest BCUT2D eigenvalue weighted by Crippen LogP contribution is -2.54. The molecule has 0 aromatic heterocycles. The fourth-order valence-electron chi connectivity index (χ4n) is 4.26. The van der Waals surface area contributed by atoms with E-state index >= 15 is 0 Å². The van der Waals surface area contributed by atoms with Crippen LogP contribution in [0.15, 0.2) is 72.8 Å². The summed E-state index contributed by atoms with van der Waals surface area (Å²) >= 11 is 12.3. The third-order valence-electron chi connectivity index (χ3n) is 6.57. The topological polar surface area (TPSA) is 96.0 Å². The maximum atomic E-state index is 14.1. The second-order valence-corrected chi connectivity index (χ2v) is 12.6. The average molecular weight is 621 g/mol. The number of nitrogens with zero attached hydrogens (tertiary/aromatic N) is 2. The van der Waals surface area contributed by atoms with Crippen molar-refractivity contribution >= 4 is 50.7 Å². The van der Waals surface area contributed by atoms with Gasteiger partial charge < -0.3 is 15.0 Å². The summed E-state index contributed by atoms with van der Waals surface area (Å²) in [5.41, 5.74) is 1.70. The van der Waals surface area contributed by atoms with Crippen molar-refractivity contribution in [2.45, 2.75) is 45.3 Å². The molecule has 0 spiro atoms. The second kappa shape index (κ2) is 14.6. The summed E-state index contributed by atoms with van der Waals surface area (Å²) in [6, 6.07) is 19.8. The number of benzene rings is 3. The first-order chi connectivity index (χ1) is 19.4. The van der Waals surface area contributed by atoms with E-state index in [-0.39, 0.29) is 40.6 Å². The predicted octanol–water partition coefficient (Wildman–Crippen LogP) is 5.32. The first-order valence-electron chi connectivity index (χ1n) is 13.1. The summed E-state index contributed by atoms with van der Waals surface area (Å²) < 4.78 is 32.1. The molecule has 0 aliphatic heterocycles. The van der Waals surface area contributed by atoms with Gasteiger partial charge in [0.15, 0.2) is 0 Å². The molecule has 2 atom stereocenters.